The zero-order chi connectivity index (χ0) is 21.3. The monoisotopic (exact) mass is 423 g/mol. The van der Waals surface area contributed by atoms with E-state index in [0.717, 1.165) is 12.2 Å². The first kappa shape index (κ1) is 18.9. The highest BCUT2D eigenvalue weighted by molar-refractivity contribution is 8.01. The number of para-hydroxylation sites is 1. The lowest BCUT2D eigenvalue weighted by atomic mass is 9.38. The molecule has 4 atom stereocenters. The SMILES string of the molecule is C[C@]12C(=O)N(c3ccccc3)C[C@]13Sc1ccccc1[C@]3(C)[C@@H]2/C=C/c1ccccc1. The largest absolute Gasteiger partial charge is 0.310 e. The van der Waals surface area contributed by atoms with Gasteiger partial charge in [0.15, 0.2) is 0 Å². The van der Waals surface area contributed by atoms with Crippen molar-refractivity contribution in [3.05, 3.63) is 102 Å². The van der Waals surface area contributed by atoms with E-state index in [1.54, 1.807) is 0 Å². The van der Waals surface area contributed by atoms with Gasteiger partial charge in [0, 0.05) is 28.5 Å². The molecule has 2 nitrogen and oxygen atoms in total. The molecule has 1 amide bonds. The van der Waals surface area contributed by atoms with Gasteiger partial charge in [-0.15, -0.1) is 11.8 Å². The van der Waals surface area contributed by atoms with Crippen LogP contribution in [0.5, 0.6) is 0 Å². The number of benzene rings is 3. The minimum atomic E-state index is -0.452. The molecule has 154 valence electrons. The number of allylic oxidation sites excluding steroid dienone is 1. The fraction of sp³-hybridized carbons (Fsp3) is 0.250. The van der Waals surface area contributed by atoms with Crippen LogP contribution in [0.15, 0.2) is 95.9 Å². The maximum atomic E-state index is 14.0. The lowest BCUT2D eigenvalue weighted by molar-refractivity contribution is -0.140. The van der Waals surface area contributed by atoms with E-state index in [4.69, 9.17) is 0 Å². The second-order valence-electron chi connectivity index (χ2n) is 9.30. The molecule has 0 N–H and O–H groups in total. The van der Waals surface area contributed by atoms with Crippen molar-refractivity contribution in [2.75, 3.05) is 11.4 Å². The van der Waals surface area contributed by atoms with Crippen LogP contribution in [0.1, 0.15) is 25.0 Å². The van der Waals surface area contributed by atoms with Crippen LogP contribution in [0.2, 0.25) is 0 Å². The van der Waals surface area contributed by atoms with Gasteiger partial charge in [0.05, 0.1) is 10.2 Å². The molecule has 1 spiro atoms. The Bertz CT molecular complexity index is 1210. The molecule has 1 saturated heterocycles. The van der Waals surface area contributed by atoms with E-state index >= 15 is 0 Å². The molecule has 0 radical (unpaired) electrons. The number of rotatable bonds is 3. The third kappa shape index (κ3) is 2.17. The summed E-state index contributed by atoms with van der Waals surface area (Å²) in [4.78, 5) is 17.4. The molecular formula is C28H25NOS. The summed E-state index contributed by atoms with van der Waals surface area (Å²) >= 11 is 1.93. The van der Waals surface area contributed by atoms with E-state index in [9.17, 15) is 4.79 Å². The minimum absolute atomic E-state index is 0.0898. The summed E-state index contributed by atoms with van der Waals surface area (Å²) in [6, 6.07) is 29.3. The topological polar surface area (TPSA) is 20.3 Å². The zero-order valence-corrected chi connectivity index (χ0v) is 18.6. The number of carbonyl (C=O) groups is 1. The Morgan fingerprint density at radius 3 is 2.26 bits per heavy atom. The Hall–Kier alpha value is -2.78. The maximum Gasteiger partial charge on any atom is 0.235 e. The molecule has 0 aromatic heterocycles. The number of thioether (sulfide) groups is 1. The first-order valence-corrected chi connectivity index (χ1v) is 11.7. The smallest absolute Gasteiger partial charge is 0.235 e. The molecule has 0 bridgehead atoms. The van der Waals surface area contributed by atoms with Crippen molar-refractivity contribution < 1.29 is 4.79 Å². The fourth-order valence-electron chi connectivity index (χ4n) is 6.53. The van der Waals surface area contributed by atoms with Crippen molar-refractivity contribution in [3.63, 3.8) is 0 Å². The van der Waals surface area contributed by atoms with E-state index in [0.29, 0.717) is 0 Å². The number of hydrogen-bond acceptors (Lipinski definition) is 2. The fourth-order valence-corrected chi connectivity index (χ4v) is 8.51. The van der Waals surface area contributed by atoms with Crippen molar-refractivity contribution in [2.45, 2.75) is 28.9 Å². The van der Waals surface area contributed by atoms with Crippen LogP contribution in [0.25, 0.3) is 6.08 Å². The standard InChI is InChI=1S/C28H25NOS/c1-26-22-15-9-10-16-23(22)31-28(26)19-29(21-13-7-4-8-14-21)25(30)27(28,2)24(26)18-17-20-11-5-3-6-12-20/h3-18,24H,19H2,1-2H3/b18-17+/t24-,26+,27-,28+/m0/s1. The van der Waals surface area contributed by atoms with Gasteiger partial charge in [0.2, 0.25) is 5.91 Å². The van der Waals surface area contributed by atoms with Crippen LogP contribution in [-0.2, 0) is 10.2 Å². The summed E-state index contributed by atoms with van der Waals surface area (Å²) in [5.41, 5.74) is 3.03. The summed E-state index contributed by atoms with van der Waals surface area (Å²) in [6.45, 7) is 5.34. The van der Waals surface area contributed by atoms with Crippen LogP contribution in [0.3, 0.4) is 0 Å². The molecule has 1 saturated carbocycles. The van der Waals surface area contributed by atoms with Gasteiger partial charge in [-0.2, -0.15) is 0 Å². The molecule has 3 aromatic rings. The Labute approximate surface area is 188 Å². The molecule has 3 heteroatoms. The van der Waals surface area contributed by atoms with Gasteiger partial charge in [-0.3, -0.25) is 4.79 Å². The second kappa shape index (κ2) is 6.37. The quantitative estimate of drug-likeness (QED) is 0.501. The molecule has 3 aromatic carbocycles. The number of hydrogen-bond donors (Lipinski definition) is 0. The van der Waals surface area contributed by atoms with Crippen molar-refractivity contribution in [1.82, 2.24) is 0 Å². The minimum Gasteiger partial charge on any atom is -0.310 e. The van der Waals surface area contributed by atoms with Crippen molar-refractivity contribution in [2.24, 2.45) is 11.3 Å². The molecular weight excluding hydrogens is 398 g/mol. The van der Waals surface area contributed by atoms with E-state index in [1.165, 1.54) is 16.0 Å². The van der Waals surface area contributed by atoms with Crippen LogP contribution in [0, 0.1) is 11.3 Å². The number of nitrogens with zero attached hydrogens (tertiary/aromatic N) is 1. The molecule has 2 aliphatic heterocycles. The molecule has 2 fully saturated rings. The maximum absolute atomic E-state index is 14.0. The zero-order valence-electron chi connectivity index (χ0n) is 17.8. The molecule has 3 aliphatic rings. The normalized spacial score (nSPS) is 33.2. The molecule has 0 unspecified atom stereocenters. The van der Waals surface area contributed by atoms with E-state index in [-0.39, 0.29) is 22.0 Å². The first-order valence-electron chi connectivity index (χ1n) is 10.9. The Kier molecular flexibility index (Phi) is 3.89. The van der Waals surface area contributed by atoms with Crippen molar-refractivity contribution in [1.29, 1.82) is 0 Å². The average molecular weight is 424 g/mol. The summed E-state index contributed by atoms with van der Waals surface area (Å²) < 4.78 is -0.164. The van der Waals surface area contributed by atoms with Gasteiger partial charge in [-0.05, 0) is 36.2 Å². The van der Waals surface area contributed by atoms with Crippen LogP contribution in [0.4, 0.5) is 5.69 Å². The van der Waals surface area contributed by atoms with Crippen LogP contribution < -0.4 is 4.90 Å². The highest BCUT2D eigenvalue weighted by atomic mass is 32.2. The number of carbonyl (C=O) groups excluding carboxylic acids is 1. The number of amides is 1. The summed E-state index contributed by atoms with van der Waals surface area (Å²) in [5.74, 6) is 0.386. The van der Waals surface area contributed by atoms with Gasteiger partial charge in [0.1, 0.15) is 0 Å². The Morgan fingerprint density at radius 1 is 0.871 bits per heavy atom. The third-order valence-corrected chi connectivity index (χ3v) is 9.97. The van der Waals surface area contributed by atoms with Gasteiger partial charge < -0.3 is 4.90 Å². The Morgan fingerprint density at radius 2 is 1.52 bits per heavy atom. The van der Waals surface area contributed by atoms with Gasteiger partial charge in [-0.1, -0.05) is 85.8 Å². The molecule has 1 aliphatic carbocycles. The van der Waals surface area contributed by atoms with Gasteiger partial charge >= 0.3 is 0 Å². The summed E-state index contributed by atoms with van der Waals surface area (Å²) in [6.07, 6.45) is 4.51. The van der Waals surface area contributed by atoms with Crippen molar-refractivity contribution >= 4 is 29.4 Å². The van der Waals surface area contributed by atoms with Crippen molar-refractivity contribution in [3.8, 4) is 0 Å². The van der Waals surface area contributed by atoms with Gasteiger partial charge in [-0.25, -0.2) is 0 Å². The number of anilines is 1. The highest BCUT2D eigenvalue weighted by Gasteiger charge is 2.84. The van der Waals surface area contributed by atoms with Crippen LogP contribution in [-0.4, -0.2) is 17.2 Å². The third-order valence-electron chi connectivity index (χ3n) is 8.07. The predicted octanol–water partition coefficient (Wildman–Crippen LogP) is 6.19. The highest BCUT2D eigenvalue weighted by Crippen LogP contribution is 2.80. The molecule has 6 rings (SSSR count). The Balaban J connectivity index is 1.51. The number of fused-ring (bicyclic) bond motifs is 2. The first-order chi connectivity index (χ1) is 15.0. The molecule has 31 heavy (non-hydrogen) atoms. The lowest BCUT2D eigenvalue weighted by Crippen LogP contribution is -2.74. The van der Waals surface area contributed by atoms with Gasteiger partial charge in [0.25, 0.3) is 0 Å². The van der Waals surface area contributed by atoms with Crippen LogP contribution >= 0.6 is 11.8 Å². The summed E-state index contributed by atoms with van der Waals surface area (Å²) in [5, 5.41) is 0. The lowest BCUT2D eigenvalue weighted by Gasteiger charge is -2.66. The summed E-state index contributed by atoms with van der Waals surface area (Å²) in [7, 11) is 0. The average Bonchev–Trinajstić information content (AvgIpc) is 3.16. The second-order valence-corrected chi connectivity index (χ2v) is 10.6. The van der Waals surface area contributed by atoms with E-state index in [2.05, 4.69) is 86.7 Å². The predicted molar refractivity (Wildman–Crippen MR) is 128 cm³/mol. The van der Waals surface area contributed by atoms with E-state index in [1.807, 2.05) is 40.9 Å². The van der Waals surface area contributed by atoms with E-state index < -0.39 is 5.41 Å². The molecule has 2 heterocycles.